The summed E-state index contributed by atoms with van der Waals surface area (Å²) in [6.45, 7) is 0.284. The first kappa shape index (κ1) is 15.9. The lowest BCUT2D eigenvalue weighted by Crippen LogP contribution is -2.26. The molecule has 2 aromatic heterocycles. The summed E-state index contributed by atoms with van der Waals surface area (Å²) < 4.78 is 28.9. The van der Waals surface area contributed by atoms with Crippen LogP contribution in [0.25, 0.3) is 10.9 Å². The fourth-order valence-corrected chi connectivity index (χ4v) is 4.13. The van der Waals surface area contributed by atoms with E-state index in [4.69, 9.17) is 0 Å². The van der Waals surface area contributed by atoms with Gasteiger partial charge in [0.05, 0.1) is 15.8 Å². The van der Waals surface area contributed by atoms with Gasteiger partial charge in [0.15, 0.2) is 0 Å². The highest BCUT2D eigenvalue weighted by Gasteiger charge is 2.16. The Labute approximate surface area is 137 Å². The van der Waals surface area contributed by atoms with Crippen molar-refractivity contribution < 1.29 is 8.42 Å². The molecule has 2 heterocycles. The number of benzene rings is 1. The molecule has 0 aliphatic carbocycles. The Morgan fingerprint density at radius 1 is 1.22 bits per heavy atom. The second-order valence-electron chi connectivity index (χ2n) is 5.06. The molecular weight excluding hydrogens is 334 g/mol. The summed E-state index contributed by atoms with van der Waals surface area (Å²) in [5, 5.41) is 0.425. The van der Waals surface area contributed by atoms with Crippen molar-refractivity contribution in [3.63, 3.8) is 0 Å². The molecule has 0 spiro atoms. The van der Waals surface area contributed by atoms with Gasteiger partial charge in [-0.25, -0.2) is 13.1 Å². The van der Waals surface area contributed by atoms with Crippen LogP contribution in [-0.4, -0.2) is 23.9 Å². The van der Waals surface area contributed by atoms with E-state index in [9.17, 15) is 13.2 Å². The molecule has 0 radical (unpaired) electrons. The third-order valence-electron chi connectivity index (χ3n) is 3.51. The van der Waals surface area contributed by atoms with Crippen LogP contribution in [0.5, 0.6) is 0 Å². The van der Waals surface area contributed by atoms with Gasteiger partial charge in [-0.2, -0.15) is 0 Å². The molecular formula is C15H15N3O3S2. The van der Waals surface area contributed by atoms with Gasteiger partial charge in [0.2, 0.25) is 10.0 Å². The summed E-state index contributed by atoms with van der Waals surface area (Å²) in [6, 6.07) is 8.29. The van der Waals surface area contributed by atoms with E-state index in [0.717, 1.165) is 22.6 Å². The van der Waals surface area contributed by atoms with Crippen LogP contribution in [0.2, 0.25) is 0 Å². The number of aromatic nitrogens is 2. The van der Waals surface area contributed by atoms with Gasteiger partial charge < -0.3 is 0 Å². The van der Waals surface area contributed by atoms with E-state index >= 15 is 0 Å². The highest BCUT2D eigenvalue weighted by atomic mass is 32.2. The number of nitrogens with zero attached hydrogens (tertiary/aromatic N) is 2. The zero-order valence-corrected chi connectivity index (χ0v) is 14.0. The summed E-state index contributed by atoms with van der Waals surface area (Å²) in [5.41, 5.74) is 1.74. The van der Waals surface area contributed by atoms with Crippen molar-refractivity contribution in [2.75, 3.05) is 6.54 Å². The smallest absolute Gasteiger partial charge is 0.257 e. The van der Waals surface area contributed by atoms with Gasteiger partial charge >= 0.3 is 0 Å². The van der Waals surface area contributed by atoms with Crippen LogP contribution in [-0.2, 0) is 23.5 Å². The topological polar surface area (TPSA) is 81.1 Å². The SMILES string of the molecule is Cn1sc(=O)c2cc(S(=O)(=O)NCCc3ccncc3)ccc21. The van der Waals surface area contributed by atoms with Gasteiger partial charge in [-0.15, -0.1) is 0 Å². The summed E-state index contributed by atoms with van der Waals surface area (Å²) in [7, 11) is -1.87. The van der Waals surface area contributed by atoms with Crippen LogP contribution in [0.15, 0.2) is 52.4 Å². The number of fused-ring (bicyclic) bond motifs is 1. The Hall–Kier alpha value is -2.03. The normalized spacial score (nSPS) is 11.9. The summed E-state index contributed by atoms with van der Waals surface area (Å²) >= 11 is 1.06. The van der Waals surface area contributed by atoms with Crippen LogP contribution in [0, 0.1) is 0 Å². The average molecular weight is 349 g/mol. The number of hydrogen-bond acceptors (Lipinski definition) is 5. The van der Waals surface area contributed by atoms with Crippen LogP contribution >= 0.6 is 11.5 Å². The Balaban J connectivity index is 1.79. The van der Waals surface area contributed by atoms with Crippen LogP contribution in [0.1, 0.15) is 5.56 Å². The molecule has 0 aliphatic rings. The highest BCUT2D eigenvalue weighted by molar-refractivity contribution is 7.89. The van der Waals surface area contributed by atoms with E-state index < -0.39 is 10.0 Å². The van der Waals surface area contributed by atoms with Crippen LogP contribution in [0.3, 0.4) is 0 Å². The third-order valence-corrected chi connectivity index (χ3v) is 5.83. The van der Waals surface area contributed by atoms with Crippen molar-refractivity contribution >= 4 is 32.5 Å². The maximum Gasteiger partial charge on any atom is 0.257 e. The van der Waals surface area contributed by atoms with E-state index in [-0.39, 0.29) is 16.2 Å². The Kier molecular flexibility index (Phi) is 4.29. The molecule has 0 saturated carbocycles. The van der Waals surface area contributed by atoms with Crippen LogP contribution in [0.4, 0.5) is 0 Å². The van der Waals surface area contributed by atoms with E-state index in [1.54, 1.807) is 29.5 Å². The molecule has 3 rings (SSSR count). The molecule has 0 amide bonds. The van der Waals surface area contributed by atoms with Gasteiger partial charge in [0, 0.05) is 26.0 Å². The van der Waals surface area contributed by atoms with Crippen LogP contribution < -0.4 is 9.46 Å². The number of hydrogen-bond donors (Lipinski definition) is 1. The van der Waals surface area contributed by atoms with Crippen molar-refractivity contribution in [1.29, 1.82) is 0 Å². The third kappa shape index (κ3) is 3.34. The fourth-order valence-electron chi connectivity index (χ4n) is 2.31. The summed E-state index contributed by atoms with van der Waals surface area (Å²) in [6.07, 6.45) is 3.92. The number of rotatable bonds is 5. The molecule has 0 fully saturated rings. The zero-order chi connectivity index (χ0) is 16.4. The minimum absolute atomic E-state index is 0.107. The molecule has 8 heteroatoms. The zero-order valence-electron chi connectivity index (χ0n) is 12.4. The predicted molar refractivity (Wildman–Crippen MR) is 90.2 cm³/mol. The number of sulfonamides is 1. The Bertz CT molecular complexity index is 992. The van der Waals surface area contributed by atoms with Crippen molar-refractivity contribution in [1.82, 2.24) is 13.7 Å². The molecule has 23 heavy (non-hydrogen) atoms. The number of aryl methyl sites for hydroxylation is 1. The van der Waals surface area contributed by atoms with E-state index in [1.165, 1.54) is 12.1 Å². The number of nitrogens with one attached hydrogen (secondary N) is 1. The molecule has 3 aromatic rings. The monoisotopic (exact) mass is 349 g/mol. The standard InChI is InChI=1S/C15H15N3O3S2/c1-18-14-3-2-12(10-13(14)15(19)22-18)23(20,21)17-9-6-11-4-7-16-8-5-11/h2-5,7-8,10,17H,6,9H2,1H3. The van der Waals surface area contributed by atoms with Crippen molar-refractivity contribution in [3.05, 3.63) is 57.8 Å². The molecule has 6 nitrogen and oxygen atoms in total. The summed E-state index contributed by atoms with van der Waals surface area (Å²) in [4.78, 5) is 15.9. The molecule has 1 N–H and O–H groups in total. The van der Waals surface area contributed by atoms with E-state index in [2.05, 4.69) is 9.71 Å². The predicted octanol–water partition coefficient (Wildman–Crippen LogP) is 1.52. The van der Waals surface area contributed by atoms with Gasteiger partial charge in [0.1, 0.15) is 0 Å². The largest absolute Gasteiger partial charge is 0.297 e. The minimum Gasteiger partial charge on any atom is -0.297 e. The molecule has 0 atom stereocenters. The molecule has 0 aliphatic heterocycles. The lowest BCUT2D eigenvalue weighted by atomic mass is 10.2. The molecule has 0 saturated heterocycles. The second kappa shape index (κ2) is 6.23. The van der Waals surface area contributed by atoms with Crippen molar-refractivity contribution in [3.8, 4) is 0 Å². The second-order valence-corrected chi connectivity index (χ2v) is 7.93. The lowest BCUT2D eigenvalue weighted by Gasteiger charge is -2.07. The lowest BCUT2D eigenvalue weighted by molar-refractivity contribution is 0.582. The van der Waals surface area contributed by atoms with Crippen molar-refractivity contribution in [2.45, 2.75) is 11.3 Å². The first-order valence-corrected chi connectivity index (χ1v) is 9.22. The molecule has 0 unspecified atom stereocenters. The molecule has 120 valence electrons. The Morgan fingerprint density at radius 3 is 2.70 bits per heavy atom. The van der Waals surface area contributed by atoms with E-state index in [1.807, 2.05) is 12.1 Å². The van der Waals surface area contributed by atoms with Gasteiger partial charge in [0.25, 0.3) is 4.74 Å². The maximum absolute atomic E-state index is 12.4. The quantitative estimate of drug-likeness (QED) is 0.757. The first-order chi connectivity index (χ1) is 11.0. The highest BCUT2D eigenvalue weighted by Crippen LogP contribution is 2.18. The first-order valence-electron chi connectivity index (χ1n) is 6.96. The number of pyridine rings is 1. The maximum atomic E-state index is 12.4. The molecule has 0 bridgehead atoms. The van der Waals surface area contributed by atoms with E-state index in [0.29, 0.717) is 11.8 Å². The van der Waals surface area contributed by atoms with Gasteiger partial charge in [-0.05, 0) is 53.8 Å². The Morgan fingerprint density at radius 2 is 1.96 bits per heavy atom. The minimum atomic E-state index is -3.64. The van der Waals surface area contributed by atoms with Gasteiger partial charge in [-0.3, -0.25) is 13.7 Å². The van der Waals surface area contributed by atoms with Gasteiger partial charge in [-0.1, -0.05) is 0 Å². The van der Waals surface area contributed by atoms with Crippen molar-refractivity contribution in [2.24, 2.45) is 7.05 Å². The fraction of sp³-hybridized carbons (Fsp3) is 0.200. The average Bonchev–Trinajstić information content (AvgIpc) is 2.82. The summed E-state index contributed by atoms with van der Waals surface area (Å²) in [5.74, 6) is 0. The molecule has 1 aromatic carbocycles.